The molecule has 0 radical (unpaired) electrons. The molecule has 3 nitrogen and oxygen atoms in total. The number of carbonyl (C=O) groups excluding carboxylic acids is 2. The summed E-state index contributed by atoms with van der Waals surface area (Å²) >= 11 is 6.10. The molecule has 0 saturated carbocycles. The lowest BCUT2D eigenvalue weighted by atomic mass is 9.97. The van der Waals surface area contributed by atoms with Crippen LogP contribution in [0.15, 0.2) is 72.8 Å². The normalized spacial score (nSPS) is 11.7. The van der Waals surface area contributed by atoms with Gasteiger partial charge in [0, 0.05) is 11.1 Å². The number of rotatable bonds is 5. The molecule has 27 heavy (non-hydrogen) atoms. The number of ether oxygens (including phenoxy) is 1. The number of ketones is 1. The van der Waals surface area contributed by atoms with Gasteiger partial charge in [-0.2, -0.15) is 0 Å². The highest BCUT2D eigenvalue weighted by Gasteiger charge is 2.27. The minimum atomic E-state index is -1.04. The summed E-state index contributed by atoms with van der Waals surface area (Å²) in [6.45, 7) is 3.93. The highest BCUT2D eigenvalue weighted by atomic mass is 35.5. The SMILES string of the molecule is Cc1ccc(C(=O)[C@H](OC(=O)c2ccccc2Cl)c2ccccc2)cc1C. The molecule has 0 aliphatic heterocycles. The van der Waals surface area contributed by atoms with Crippen LogP contribution in [-0.2, 0) is 4.74 Å². The molecule has 1 atom stereocenters. The van der Waals surface area contributed by atoms with E-state index in [0.717, 1.165) is 11.1 Å². The molecule has 0 saturated heterocycles. The summed E-state index contributed by atoms with van der Waals surface area (Å²) in [6, 6.07) is 21.1. The topological polar surface area (TPSA) is 43.4 Å². The van der Waals surface area contributed by atoms with Crippen LogP contribution in [0, 0.1) is 13.8 Å². The van der Waals surface area contributed by atoms with Crippen molar-refractivity contribution >= 4 is 23.4 Å². The van der Waals surface area contributed by atoms with Crippen molar-refractivity contribution in [1.29, 1.82) is 0 Å². The Balaban J connectivity index is 1.96. The molecule has 3 aromatic carbocycles. The second-order valence-corrected chi connectivity index (χ2v) is 6.75. The van der Waals surface area contributed by atoms with E-state index in [1.54, 1.807) is 54.6 Å². The molecular weight excluding hydrogens is 360 g/mol. The zero-order chi connectivity index (χ0) is 19.4. The van der Waals surface area contributed by atoms with E-state index >= 15 is 0 Å². The zero-order valence-electron chi connectivity index (χ0n) is 15.1. The van der Waals surface area contributed by atoms with E-state index in [9.17, 15) is 9.59 Å². The van der Waals surface area contributed by atoms with Gasteiger partial charge in [-0.05, 0) is 43.2 Å². The first-order valence-corrected chi connectivity index (χ1v) is 8.97. The fourth-order valence-electron chi connectivity index (χ4n) is 2.74. The third-order valence-corrected chi connectivity index (χ3v) is 4.78. The van der Waals surface area contributed by atoms with Crippen LogP contribution in [0.25, 0.3) is 0 Å². The van der Waals surface area contributed by atoms with E-state index in [1.165, 1.54) is 0 Å². The van der Waals surface area contributed by atoms with E-state index in [2.05, 4.69) is 0 Å². The van der Waals surface area contributed by atoms with Crippen molar-refractivity contribution in [3.63, 3.8) is 0 Å². The van der Waals surface area contributed by atoms with Gasteiger partial charge in [-0.1, -0.05) is 66.2 Å². The highest BCUT2D eigenvalue weighted by molar-refractivity contribution is 6.33. The van der Waals surface area contributed by atoms with E-state index in [-0.39, 0.29) is 16.4 Å². The number of esters is 1. The number of hydrogen-bond donors (Lipinski definition) is 0. The summed E-state index contributed by atoms with van der Waals surface area (Å²) in [5, 5.41) is 0.285. The Morgan fingerprint density at radius 3 is 2.19 bits per heavy atom. The van der Waals surface area contributed by atoms with E-state index in [4.69, 9.17) is 16.3 Å². The molecular formula is C23H19ClO3. The van der Waals surface area contributed by atoms with Crippen LogP contribution in [0.4, 0.5) is 0 Å². The van der Waals surface area contributed by atoms with E-state index in [1.807, 2.05) is 32.0 Å². The van der Waals surface area contributed by atoms with Crippen LogP contribution in [0.1, 0.15) is 43.5 Å². The number of carbonyl (C=O) groups is 2. The van der Waals surface area contributed by atoms with Crippen molar-refractivity contribution in [2.24, 2.45) is 0 Å². The molecule has 136 valence electrons. The summed E-state index contributed by atoms with van der Waals surface area (Å²) in [6.07, 6.45) is -1.04. The van der Waals surface area contributed by atoms with Gasteiger partial charge in [0.05, 0.1) is 10.6 Å². The lowest BCUT2D eigenvalue weighted by Gasteiger charge is -2.18. The van der Waals surface area contributed by atoms with Gasteiger partial charge < -0.3 is 4.74 Å². The van der Waals surface area contributed by atoms with Gasteiger partial charge in [0.2, 0.25) is 5.78 Å². The highest BCUT2D eigenvalue weighted by Crippen LogP contribution is 2.26. The maximum absolute atomic E-state index is 13.2. The summed E-state index contributed by atoms with van der Waals surface area (Å²) in [5.74, 6) is -0.906. The van der Waals surface area contributed by atoms with Crippen molar-refractivity contribution in [1.82, 2.24) is 0 Å². The molecule has 0 unspecified atom stereocenters. The van der Waals surface area contributed by atoms with Crippen molar-refractivity contribution < 1.29 is 14.3 Å². The third kappa shape index (κ3) is 4.26. The van der Waals surface area contributed by atoms with Gasteiger partial charge in [-0.3, -0.25) is 4.79 Å². The first kappa shape index (κ1) is 18.9. The fourth-order valence-corrected chi connectivity index (χ4v) is 2.96. The van der Waals surface area contributed by atoms with Crippen LogP contribution < -0.4 is 0 Å². The van der Waals surface area contributed by atoms with Crippen molar-refractivity contribution in [3.8, 4) is 0 Å². The summed E-state index contributed by atoms with van der Waals surface area (Å²) in [4.78, 5) is 25.8. The van der Waals surface area contributed by atoms with Crippen molar-refractivity contribution in [2.45, 2.75) is 20.0 Å². The standard InChI is InChI=1S/C23H19ClO3/c1-15-12-13-18(14-16(15)2)21(25)22(17-8-4-3-5-9-17)27-23(26)19-10-6-7-11-20(19)24/h3-14,22H,1-2H3/t22-/m1/s1. The molecule has 0 fully saturated rings. The Morgan fingerprint density at radius 1 is 0.852 bits per heavy atom. The van der Waals surface area contributed by atoms with Gasteiger partial charge in [-0.15, -0.1) is 0 Å². The number of benzene rings is 3. The van der Waals surface area contributed by atoms with Crippen LogP contribution in [0.3, 0.4) is 0 Å². The average molecular weight is 379 g/mol. The molecule has 3 aromatic rings. The molecule has 0 aromatic heterocycles. The van der Waals surface area contributed by atoms with Crippen molar-refractivity contribution in [2.75, 3.05) is 0 Å². The second kappa shape index (κ2) is 8.19. The molecule has 0 N–H and O–H groups in total. The van der Waals surface area contributed by atoms with Gasteiger partial charge in [0.15, 0.2) is 6.10 Å². The number of aryl methyl sites for hydroxylation is 2. The maximum Gasteiger partial charge on any atom is 0.340 e. The zero-order valence-corrected chi connectivity index (χ0v) is 15.9. The molecule has 0 aliphatic rings. The first-order chi connectivity index (χ1) is 13.0. The molecule has 0 amide bonds. The summed E-state index contributed by atoms with van der Waals surface area (Å²) in [7, 11) is 0. The predicted molar refractivity (Wildman–Crippen MR) is 106 cm³/mol. The Hall–Kier alpha value is -2.91. The minimum absolute atomic E-state index is 0.230. The van der Waals surface area contributed by atoms with E-state index in [0.29, 0.717) is 11.1 Å². The molecule has 0 heterocycles. The number of hydrogen-bond acceptors (Lipinski definition) is 3. The fraction of sp³-hybridized carbons (Fsp3) is 0.130. The smallest absolute Gasteiger partial charge is 0.340 e. The minimum Gasteiger partial charge on any atom is -0.445 e. The van der Waals surface area contributed by atoms with Crippen molar-refractivity contribution in [3.05, 3.63) is 106 Å². The average Bonchev–Trinajstić information content (AvgIpc) is 2.68. The van der Waals surface area contributed by atoms with Crippen LogP contribution >= 0.6 is 11.6 Å². The molecule has 4 heteroatoms. The maximum atomic E-state index is 13.2. The molecule has 0 bridgehead atoms. The van der Waals surface area contributed by atoms with Gasteiger partial charge >= 0.3 is 5.97 Å². The first-order valence-electron chi connectivity index (χ1n) is 8.59. The number of Topliss-reactive ketones (excluding diaryl/α,β-unsaturated/α-hetero) is 1. The van der Waals surface area contributed by atoms with Gasteiger partial charge in [-0.25, -0.2) is 4.79 Å². The lowest BCUT2D eigenvalue weighted by molar-refractivity contribution is 0.0280. The van der Waals surface area contributed by atoms with Gasteiger partial charge in [0.1, 0.15) is 0 Å². The summed E-state index contributed by atoms with van der Waals surface area (Å²) < 4.78 is 5.62. The lowest BCUT2D eigenvalue weighted by Crippen LogP contribution is -2.20. The monoisotopic (exact) mass is 378 g/mol. The van der Waals surface area contributed by atoms with Crippen LogP contribution in [-0.4, -0.2) is 11.8 Å². The third-order valence-electron chi connectivity index (χ3n) is 4.45. The Labute approximate surface area is 163 Å². The van der Waals surface area contributed by atoms with E-state index < -0.39 is 12.1 Å². The Kier molecular flexibility index (Phi) is 5.72. The summed E-state index contributed by atoms with van der Waals surface area (Å²) in [5.41, 5.74) is 3.44. The second-order valence-electron chi connectivity index (χ2n) is 6.34. The Bertz CT molecular complexity index is 980. The molecule has 0 aliphatic carbocycles. The molecule has 3 rings (SSSR count). The largest absolute Gasteiger partial charge is 0.445 e. The van der Waals surface area contributed by atoms with Crippen LogP contribution in [0.5, 0.6) is 0 Å². The van der Waals surface area contributed by atoms with Gasteiger partial charge in [0.25, 0.3) is 0 Å². The molecule has 0 spiro atoms. The van der Waals surface area contributed by atoms with Crippen LogP contribution in [0.2, 0.25) is 5.02 Å². The Morgan fingerprint density at radius 2 is 1.52 bits per heavy atom. The quantitative estimate of drug-likeness (QED) is 0.420. The predicted octanol–water partition coefficient (Wildman–Crippen LogP) is 5.74. The number of halogens is 1.